The first kappa shape index (κ1) is 29.0. The molecule has 0 aliphatic heterocycles. The first-order valence-corrected chi connectivity index (χ1v) is 9.32. The van der Waals surface area contributed by atoms with Gasteiger partial charge in [-0.3, -0.25) is 9.59 Å². The average Bonchev–Trinajstić information content (AvgIpc) is 2.41. The molecule has 0 aromatic carbocycles. The fourth-order valence-corrected chi connectivity index (χ4v) is 2.38. The predicted molar refractivity (Wildman–Crippen MR) is 101 cm³/mol. The zero-order chi connectivity index (χ0) is 23.4. The van der Waals surface area contributed by atoms with Crippen molar-refractivity contribution in [3.8, 4) is 0 Å². The van der Waals surface area contributed by atoms with Crippen molar-refractivity contribution in [1.29, 1.82) is 0 Å². The topological polar surface area (TPSA) is 133 Å². The van der Waals surface area contributed by atoms with Gasteiger partial charge < -0.3 is 38.2 Å². The molecule has 0 amide bonds. The van der Waals surface area contributed by atoms with Crippen molar-refractivity contribution in [2.24, 2.45) is 0 Å². The van der Waals surface area contributed by atoms with E-state index in [0.717, 1.165) is 0 Å². The summed E-state index contributed by atoms with van der Waals surface area (Å²) in [5.74, 6) is -3.25. The number of carbonyl (C=O) groups is 4. The number of esters is 2. The highest BCUT2D eigenvalue weighted by Crippen LogP contribution is 2.06. The summed E-state index contributed by atoms with van der Waals surface area (Å²) < 4.78 is 10.9. The Labute approximate surface area is 173 Å². The smallest absolute Gasteiger partial charge is 0.306 e. The lowest BCUT2D eigenvalue weighted by molar-refractivity contribution is -0.873. The minimum absolute atomic E-state index is 0.249. The minimum atomic E-state index is -1.20. The van der Waals surface area contributed by atoms with Crippen LogP contribution >= 0.6 is 0 Å². The number of carbonyl (C=O) groups excluding carboxylic acids is 4. The lowest BCUT2D eigenvalue weighted by Gasteiger charge is -2.29. The second-order valence-electron chi connectivity index (χ2n) is 8.79. The van der Waals surface area contributed by atoms with E-state index in [4.69, 9.17) is 9.47 Å². The summed E-state index contributed by atoms with van der Waals surface area (Å²) in [7, 11) is 11.4. The van der Waals surface area contributed by atoms with E-state index in [2.05, 4.69) is 0 Å². The first-order valence-electron chi connectivity index (χ1n) is 9.32. The molecule has 2 atom stereocenters. The number of carboxylic acids is 2. The maximum absolute atomic E-state index is 11.0. The molecule has 0 N–H and O–H groups in total. The highest BCUT2D eigenvalue weighted by atomic mass is 16.5. The van der Waals surface area contributed by atoms with Crippen LogP contribution in [0.4, 0.5) is 0 Å². The van der Waals surface area contributed by atoms with E-state index in [1.165, 1.54) is 6.92 Å². The van der Waals surface area contributed by atoms with Crippen molar-refractivity contribution in [2.45, 2.75) is 45.3 Å². The summed E-state index contributed by atoms with van der Waals surface area (Å²) in [6, 6.07) is 0. The van der Waals surface area contributed by atoms with E-state index in [0.29, 0.717) is 22.1 Å². The van der Waals surface area contributed by atoms with Gasteiger partial charge in [-0.1, -0.05) is 6.92 Å². The van der Waals surface area contributed by atoms with Crippen molar-refractivity contribution in [3.63, 3.8) is 0 Å². The molecule has 0 bridgehead atoms. The Kier molecular flexibility index (Phi) is 13.1. The molecule has 0 unspecified atom stereocenters. The molecular weight excluding hydrogens is 384 g/mol. The van der Waals surface area contributed by atoms with Crippen molar-refractivity contribution in [2.75, 3.05) is 55.4 Å². The molecule has 170 valence electrons. The van der Waals surface area contributed by atoms with Crippen LogP contribution in [0, 0.1) is 0 Å². The van der Waals surface area contributed by atoms with E-state index in [9.17, 15) is 29.4 Å². The molecule has 10 nitrogen and oxygen atoms in total. The van der Waals surface area contributed by atoms with Gasteiger partial charge in [0.15, 0.2) is 12.2 Å². The molecule has 0 aromatic rings. The van der Waals surface area contributed by atoms with E-state index >= 15 is 0 Å². The van der Waals surface area contributed by atoms with Crippen LogP contribution in [-0.4, -0.2) is 100 Å². The zero-order valence-electron chi connectivity index (χ0n) is 18.9. The number of likely N-dealkylation sites (N-methyl/N-ethyl adjacent to an activating group) is 2. The fourth-order valence-electron chi connectivity index (χ4n) is 2.38. The molecule has 0 fully saturated rings. The lowest BCUT2D eigenvalue weighted by atomic mass is 10.2. The molecule has 0 aliphatic rings. The standard InChI is InChI=1S/C10H19NO4.C9H17NO4/c1-5-10(14)15-8(6-9(12)13)7-11(2,3)4;1-7(11)14-8(5-9(12)13)6-10(2,3)4/h8H,5-7H2,1-4H3;8H,5-6H2,1-4H3/t2*8-/m11/s1. The highest BCUT2D eigenvalue weighted by Gasteiger charge is 2.22. The molecule has 29 heavy (non-hydrogen) atoms. The summed E-state index contributed by atoms with van der Waals surface area (Å²) in [6.45, 7) is 3.84. The second-order valence-corrected chi connectivity index (χ2v) is 8.79. The number of hydrogen-bond donors (Lipinski definition) is 0. The molecular formula is C19H36N2O8. The van der Waals surface area contributed by atoms with Crippen molar-refractivity contribution >= 4 is 23.9 Å². The summed E-state index contributed by atoms with van der Waals surface area (Å²) in [5.41, 5.74) is 0. The molecule has 0 rings (SSSR count). The van der Waals surface area contributed by atoms with Gasteiger partial charge in [-0.15, -0.1) is 0 Å². The van der Waals surface area contributed by atoms with E-state index in [-0.39, 0.29) is 25.2 Å². The Bertz CT molecular complexity index is 533. The number of hydrogen-bond acceptors (Lipinski definition) is 8. The van der Waals surface area contributed by atoms with Gasteiger partial charge >= 0.3 is 11.9 Å². The number of nitrogens with zero attached hydrogens (tertiary/aromatic N) is 2. The Balaban J connectivity index is 0. The Morgan fingerprint density at radius 2 is 1.10 bits per heavy atom. The van der Waals surface area contributed by atoms with Gasteiger partial charge in [0.05, 0.1) is 42.3 Å². The van der Waals surface area contributed by atoms with Crippen LogP contribution in [0.2, 0.25) is 0 Å². The van der Waals surface area contributed by atoms with Crippen molar-refractivity contribution < 1.29 is 47.8 Å². The molecule has 0 heterocycles. The summed E-state index contributed by atoms with van der Waals surface area (Å²) >= 11 is 0. The SMILES string of the molecule is CC(=O)O[C@H](CC(=O)[O-])C[N+](C)(C)C.CCC(=O)O[C@H](CC(=O)[O-])C[N+](C)(C)C. The third kappa shape index (κ3) is 22.0. The number of aliphatic carboxylic acids is 2. The summed E-state index contributed by atoms with van der Waals surface area (Å²) in [6.07, 6.45) is -1.48. The minimum Gasteiger partial charge on any atom is -0.550 e. The van der Waals surface area contributed by atoms with Crippen molar-refractivity contribution in [3.05, 3.63) is 0 Å². The van der Waals surface area contributed by atoms with Crippen molar-refractivity contribution in [1.82, 2.24) is 0 Å². The van der Waals surface area contributed by atoms with Crippen LogP contribution in [0.3, 0.4) is 0 Å². The van der Waals surface area contributed by atoms with E-state index in [1.54, 1.807) is 6.92 Å². The van der Waals surface area contributed by atoms with Gasteiger partial charge in [0.2, 0.25) is 0 Å². The van der Waals surface area contributed by atoms with Crippen LogP contribution < -0.4 is 10.2 Å². The average molecular weight is 421 g/mol. The molecule has 0 aliphatic carbocycles. The van der Waals surface area contributed by atoms with Crippen LogP contribution in [0.1, 0.15) is 33.1 Å². The maximum atomic E-state index is 11.0. The van der Waals surface area contributed by atoms with Crippen LogP contribution in [0.25, 0.3) is 0 Å². The first-order chi connectivity index (χ1) is 12.9. The zero-order valence-corrected chi connectivity index (χ0v) is 18.9. The number of quaternary nitrogens is 2. The Morgan fingerprint density at radius 1 is 0.759 bits per heavy atom. The van der Waals surface area contributed by atoms with Gasteiger partial charge in [-0.05, 0) is 0 Å². The molecule has 0 saturated heterocycles. The third-order valence-electron chi connectivity index (χ3n) is 3.21. The monoisotopic (exact) mass is 420 g/mol. The highest BCUT2D eigenvalue weighted by molar-refractivity contribution is 5.70. The van der Waals surface area contributed by atoms with Crippen LogP contribution in [0.15, 0.2) is 0 Å². The quantitative estimate of drug-likeness (QED) is 0.275. The van der Waals surface area contributed by atoms with Gasteiger partial charge in [0.25, 0.3) is 0 Å². The van der Waals surface area contributed by atoms with E-state index in [1.807, 2.05) is 42.3 Å². The maximum Gasteiger partial charge on any atom is 0.306 e. The Morgan fingerprint density at radius 3 is 1.34 bits per heavy atom. The van der Waals surface area contributed by atoms with Gasteiger partial charge in [0.1, 0.15) is 13.1 Å². The largest absolute Gasteiger partial charge is 0.550 e. The van der Waals surface area contributed by atoms with Crippen LogP contribution in [-0.2, 0) is 28.7 Å². The molecule has 10 heteroatoms. The molecule has 0 aromatic heterocycles. The fraction of sp³-hybridized carbons (Fsp3) is 0.789. The molecule has 0 saturated carbocycles. The molecule has 0 radical (unpaired) electrons. The predicted octanol–water partition coefficient (Wildman–Crippen LogP) is -2.08. The van der Waals surface area contributed by atoms with E-state index < -0.39 is 30.1 Å². The second kappa shape index (κ2) is 13.1. The van der Waals surface area contributed by atoms with Gasteiger partial charge in [-0.2, -0.15) is 0 Å². The number of ether oxygens (including phenoxy) is 2. The third-order valence-corrected chi connectivity index (χ3v) is 3.21. The summed E-state index contributed by atoms with van der Waals surface area (Å²) in [5, 5.41) is 20.8. The normalized spacial score (nSPS) is 13.4. The Hall–Kier alpha value is -2.20. The molecule has 0 spiro atoms. The van der Waals surface area contributed by atoms with Crippen LogP contribution in [0.5, 0.6) is 0 Å². The number of rotatable bonds is 11. The number of carboxylic acid groups (broad SMARTS) is 2. The summed E-state index contributed by atoms with van der Waals surface area (Å²) in [4.78, 5) is 42.5. The van der Waals surface area contributed by atoms with Gasteiger partial charge in [-0.25, -0.2) is 0 Å². The lowest BCUT2D eigenvalue weighted by Crippen LogP contribution is -2.45. The van der Waals surface area contributed by atoms with Gasteiger partial charge in [0, 0.05) is 38.1 Å².